The number of benzene rings is 1. The van der Waals surface area contributed by atoms with E-state index in [0.29, 0.717) is 0 Å². The van der Waals surface area contributed by atoms with E-state index in [1.807, 2.05) is 0 Å². The predicted molar refractivity (Wildman–Crippen MR) is 69.8 cm³/mol. The van der Waals surface area contributed by atoms with Crippen molar-refractivity contribution in [3.8, 4) is 0 Å². The first kappa shape index (κ1) is 14.9. The van der Waals surface area contributed by atoms with Gasteiger partial charge in [0, 0.05) is 11.6 Å². The van der Waals surface area contributed by atoms with Crippen LogP contribution in [-0.4, -0.2) is 11.9 Å². The van der Waals surface area contributed by atoms with Crippen LogP contribution in [0.4, 0.5) is 13.2 Å². The number of amides is 1. The molecule has 0 radical (unpaired) electrons. The third-order valence-electron chi connectivity index (χ3n) is 4.06. The van der Waals surface area contributed by atoms with Crippen molar-refractivity contribution in [2.45, 2.75) is 45.6 Å². The average Bonchev–Trinajstić information content (AvgIpc) is 2.37. The van der Waals surface area contributed by atoms with Crippen LogP contribution in [0.25, 0.3) is 0 Å². The molecule has 1 aliphatic rings. The smallest absolute Gasteiger partial charge is 0.251 e. The van der Waals surface area contributed by atoms with E-state index in [2.05, 4.69) is 19.2 Å². The first-order valence-electron chi connectivity index (χ1n) is 6.76. The second-order valence-electron chi connectivity index (χ2n) is 6.01. The van der Waals surface area contributed by atoms with Crippen molar-refractivity contribution in [3.63, 3.8) is 0 Å². The van der Waals surface area contributed by atoms with Gasteiger partial charge in [0.1, 0.15) is 0 Å². The molecule has 0 spiro atoms. The Bertz CT molecular complexity index is 505. The number of nitrogens with one attached hydrogen (secondary N) is 1. The fourth-order valence-corrected chi connectivity index (χ4v) is 2.69. The summed E-state index contributed by atoms with van der Waals surface area (Å²) < 4.78 is 39.1. The van der Waals surface area contributed by atoms with E-state index in [-0.39, 0.29) is 17.0 Å². The van der Waals surface area contributed by atoms with Crippen LogP contribution in [0.2, 0.25) is 0 Å². The van der Waals surface area contributed by atoms with Gasteiger partial charge in [-0.1, -0.05) is 26.7 Å². The van der Waals surface area contributed by atoms with E-state index in [1.54, 1.807) is 0 Å². The van der Waals surface area contributed by atoms with Crippen LogP contribution in [0.15, 0.2) is 12.1 Å². The molecule has 1 atom stereocenters. The lowest BCUT2D eigenvalue weighted by molar-refractivity contribution is 0.0852. The van der Waals surface area contributed by atoms with Crippen molar-refractivity contribution in [1.82, 2.24) is 5.32 Å². The zero-order valence-electron chi connectivity index (χ0n) is 11.6. The molecule has 0 aliphatic heterocycles. The highest BCUT2D eigenvalue weighted by atomic mass is 19.2. The molecule has 1 saturated carbocycles. The Morgan fingerprint density at radius 2 is 1.80 bits per heavy atom. The molecular weight excluding hydrogens is 267 g/mol. The maximum atomic E-state index is 13.1. The van der Waals surface area contributed by atoms with E-state index < -0.39 is 23.4 Å². The van der Waals surface area contributed by atoms with E-state index in [1.165, 1.54) is 0 Å². The van der Waals surface area contributed by atoms with Gasteiger partial charge in [-0.15, -0.1) is 0 Å². The lowest BCUT2D eigenvalue weighted by Gasteiger charge is -2.39. The molecule has 5 heteroatoms. The Morgan fingerprint density at radius 3 is 2.35 bits per heavy atom. The summed E-state index contributed by atoms with van der Waals surface area (Å²) >= 11 is 0. The Labute approximate surface area is 116 Å². The Kier molecular flexibility index (Phi) is 4.06. The van der Waals surface area contributed by atoms with Crippen LogP contribution in [0.1, 0.15) is 49.9 Å². The fraction of sp³-hybridized carbons (Fsp3) is 0.533. The maximum absolute atomic E-state index is 13.1. The van der Waals surface area contributed by atoms with Gasteiger partial charge in [-0.3, -0.25) is 4.79 Å². The summed E-state index contributed by atoms with van der Waals surface area (Å²) in [6.45, 7) is 4.12. The van der Waals surface area contributed by atoms with Crippen molar-refractivity contribution in [2.24, 2.45) is 5.41 Å². The van der Waals surface area contributed by atoms with Crippen molar-refractivity contribution in [1.29, 1.82) is 0 Å². The molecule has 20 heavy (non-hydrogen) atoms. The zero-order chi connectivity index (χ0) is 14.9. The minimum absolute atomic E-state index is 0.0417. The number of carbonyl (C=O) groups is 1. The molecule has 2 rings (SSSR count). The number of rotatable bonds is 2. The standard InChI is InChI=1S/C15H18F3NO/c1-15(2)6-4-3-5-12(15)19-14(20)9-7-10(16)13(18)11(17)8-9/h7-8,12H,3-6H2,1-2H3,(H,19,20). The molecule has 1 aliphatic carbocycles. The second kappa shape index (κ2) is 5.46. The molecule has 1 amide bonds. The van der Waals surface area contributed by atoms with Crippen molar-refractivity contribution in [2.75, 3.05) is 0 Å². The topological polar surface area (TPSA) is 29.1 Å². The van der Waals surface area contributed by atoms with Crippen LogP contribution < -0.4 is 5.32 Å². The molecule has 0 heterocycles. The lowest BCUT2D eigenvalue weighted by Crippen LogP contribution is -2.46. The summed E-state index contributed by atoms with van der Waals surface area (Å²) in [5.41, 5.74) is -0.242. The predicted octanol–water partition coefficient (Wildman–Crippen LogP) is 3.80. The van der Waals surface area contributed by atoms with Crippen LogP contribution in [0, 0.1) is 22.9 Å². The molecule has 1 aromatic carbocycles. The van der Waals surface area contributed by atoms with Gasteiger partial charge in [0.15, 0.2) is 17.5 Å². The highest BCUT2D eigenvalue weighted by Gasteiger charge is 2.33. The minimum Gasteiger partial charge on any atom is -0.349 e. The Balaban J connectivity index is 2.16. The molecule has 2 nitrogen and oxygen atoms in total. The van der Waals surface area contributed by atoms with Gasteiger partial charge in [0.25, 0.3) is 5.91 Å². The Hall–Kier alpha value is -1.52. The maximum Gasteiger partial charge on any atom is 0.251 e. The number of halogens is 3. The van der Waals surface area contributed by atoms with E-state index >= 15 is 0 Å². The highest BCUT2D eigenvalue weighted by Crippen LogP contribution is 2.35. The monoisotopic (exact) mass is 285 g/mol. The number of hydrogen-bond acceptors (Lipinski definition) is 1. The molecule has 1 aromatic rings. The van der Waals surface area contributed by atoms with Crippen LogP contribution in [0.5, 0.6) is 0 Å². The van der Waals surface area contributed by atoms with E-state index in [0.717, 1.165) is 37.8 Å². The fourth-order valence-electron chi connectivity index (χ4n) is 2.69. The molecule has 0 bridgehead atoms. The first-order valence-corrected chi connectivity index (χ1v) is 6.76. The van der Waals surface area contributed by atoms with Crippen LogP contribution >= 0.6 is 0 Å². The van der Waals surface area contributed by atoms with E-state index in [4.69, 9.17) is 0 Å². The van der Waals surface area contributed by atoms with Crippen molar-refractivity contribution >= 4 is 5.91 Å². The average molecular weight is 285 g/mol. The minimum atomic E-state index is -1.56. The first-order chi connectivity index (χ1) is 9.31. The number of hydrogen-bond donors (Lipinski definition) is 1. The summed E-state index contributed by atoms with van der Waals surface area (Å²) in [5, 5.41) is 2.80. The molecule has 0 saturated heterocycles. The second-order valence-corrected chi connectivity index (χ2v) is 6.01. The van der Waals surface area contributed by atoms with Gasteiger partial charge >= 0.3 is 0 Å². The van der Waals surface area contributed by atoms with Crippen LogP contribution in [-0.2, 0) is 0 Å². The third kappa shape index (κ3) is 2.97. The van der Waals surface area contributed by atoms with Gasteiger partial charge in [-0.05, 0) is 30.4 Å². The number of carbonyl (C=O) groups excluding carboxylic acids is 1. The Morgan fingerprint density at radius 1 is 1.20 bits per heavy atom. The summed E-state index contributed by atoms with van der Waals surface area (Å²) in [6.07, 6.45) is 3.95. The third-order valence-corrected chi connectivity index (χ3v) is 4.06. The van der Waals surface area contributed by atoms with Gasteiger partial charge < -0.3 is 5.32 Å². The van der Waals surface area contributed by atoms with Gasteiger partial charge in [0.2, 0.25) is 0 Å². The molecule has 1 fully saturated rings. The molecule has 1 unspecified atom stereocenters. The van der Waals surface area contributed by atoms with Crippen molar-refractivity contribution < 1.29 is 18.0 Å². The summed E-state index contributed by atoms with van der Waals surface area (Å²) in [7, 11) is 0. The van der Waals surface area contributed by atoms with Gasteiger partial charge in [-0.25, -0.2) is 13.2 Å². The zero-order valence-corrected chi connectivity index (χ0v) is 11.6. The molecular formula is C15H18F3NO. The summed E-state index contributed by atoms with van der Waals surface area (Å²) in [6, 6.07) is 1.41. The van der Waals surface area contributed by atoms with Crippen molar-refractivity contribution in [3.05, 3.63) is 35.1 Å². The van der Waals surface area contributed by atoms with E-state index in [9.17, 15) is 18.0 Å². The summed E-state index contributed by atoms with van der Waals surface area (Å²) in [4.78, 5) is 12.0. The lowest BCUT2D eigenvalue weighted by atomic mass is 9.73. The van der Waals surface area contributed by atoms with Crippen LogP contribution in [0.3, 0.4) is 0 Å². The normalized spacial score (nSPS) is 21.6. The largest absolute Gasteiger partial charge is 0.349 e. The SMILES string of the molecule is CC1(C)CCCCC1NC(=O)c1cc(F)c(F)c(F)c1. The molecule has 0 aromatic heterocycles. The van der Waals surface area contributed by atoms with Gasteiger partial charge in [0.05, 0.1) is 0 Å². The summed E-state index contributed by atoms with van der Waals surface area (Å²) in [5.74, 6) is -4.82. The highest BCUT2D eigenvalue weighted by molar-refractivity contribution is 5.94. The molecule has 110 valence electrons. The van der Waals surface area contributed by atoms with Gasteiger partial charge in [-0.2, -0.15) is 0 Å². The molecule has 1 N–H and O–H groups in total. The quantitative estimate of drug-likeness (QED) is 0.823.